The van der Waals surface area contributed by atoms with E-state index in [4.69, 9.17) is 0 Å². The Hall–Kier alpha value is -0.910. The lowest BCUT2D eigenvalue weighted by atomic mass is 10.3. The maximum atomic E-state index is 11.5. The van der Waals surface area contributed by atoms with Gasteiger partial charge < -0.3 is 5.32 Å². The van der Waals surface area contributed by atoms with Crippen molar-refractivity contribution in [1.29, 1.82) is 0 Å². The summed E-state index contributed by atoms with van der Waals surface area (Å²) in [5.41, 5.74) is 0. The predicted molar refractivity (Wildman–Crippen MR) is 67.0 cm³/mol. The number of hydrogen-bond donors (Lipinski definition) is 2. The van der Waals surface area contributed by atoms with Crippen molar-refractivity contribution in [3.63, 3.8) is 0 Å². The van der Waals surface area contributed by atoms with Gasteiger partial charge in [-0.15, -0.1) is 23.7 Å². The van der Waals surface area contributed by atoms with E-state index < -0.39 is 0 Å². The lowest BCUT2D eigenvalue weighted by Gasteiger charge is -2.09. The molecule has 0 radical (unpaired) electrons. The highest BCUT2D eigenvalue weighted by Gasteiger charge is 2.16. The van der Waals surface area contributed by atoms with Gasteiger partial charge in [-0.3, -0.25) is 10.1 Å². The van der Waals surface area contributed by atoms with Crippen LogP contribution in [-0.4, -0.2) is 30.0 Å². The van der Waals surface area contributed by atoms with Crippen LogP contribution in [0.5, 0.6) is 0 Å². The first-order valence-corrected chi connectivity index (χ1v) is 5.80. The molecule has 0 saturated carbocycles. The molecule has 2 rings (SSSR count). The SMILES string of the molecule is Cl.O=C(NCCc1nccs1)C1C=CCN1. The highest BCUT2D eigenvalue weighted by atomic mass is 35.5. The van der Waals surface area contributed by atoms with Gasteiger partial charge in [-0.05, 0) is 0 Å². The Morgan fingerprint density at radius 2 is 2.56 bits per heavy atom. The molecule has 16 heavy (non-hydrogen) atoms. The van der Waals surface area contributed by atoms with Crippen molar-refractivity contribution >= 4 is 29.7 Å². The van der Waals surface area contributed by atoms with Crippen molar-refractivity contribution in [2.45, 2.75) is 12.5 Å². The average molecular weight is 260 g/mol. The van der Waals surface area contributed by atoms with Gasteiger partial charge in [-0.1, -0.05) is 12.2 Å². The first-order chi connectivity index (χ1) is 7.36. The first kappa shape index (κ1) is 13.2. The molecule has 1 aliphatic rings. The van der Waals surface area contributed by atoms with Crippen LogP contribution in [0.2, 0.25) is 0 Å². The molecule has 0 saturated heterocycles. The van der Waals surface area contributed by atoms with Crippen molar-refractivity contribution in [1.82, 2.24) is 15.6 Å². The third kappa shape index (κ3) is 3.59. The number of halogens is 1. The van der Waals surface area contributed by atoms with Gasteiger partial charge in [0.2, 0.25) is 5.91 Å². The van der Waals surface area contributed by atoms with Crippen LogP contribution >= 0.6 is 23.7 Å². The molecule has 1 atom stereocenters. The van der Waals surface area contributed by atoms with Gasteiger partial charge in [-0.2, -0.15) is 0 Å². The van der Waals surface area contributed by atoms with E-state index in [1.165, 1.54) is 0 Å². The Morgan fingerprint density at radius 1 is 1.69 bits per heavy atom. The normalized spacial score (nSPS) is 18.1. The minimum Gasteiger partial charge on any atom is -0.354 e. The smallest absolute Gasteiger partial charge is 0.241 e. The van der Waals surface area contributed by atoms with E-state index in [-0.39, 0.29) is 24.4 Å². The number of aromatic nitrogens is 1. The van der Waals surface area contributed by atoms with E-state index in [2.05, 4.69) is 15.6 Å². The zero-order valence-corrected chi connectivity index (χ0v) is 10.3. The molecule has 6 heteroatoms. The molecule has 0 spiro atoms. The monoisotopic (exact) mass is 259 g/mol. The predicted octanol–water partition coefficient (Wildman–Crippen LogP) is 0.752. The molecular formula is C10H14ClN3OS. The third-order valence-electron chi connectivity index (χ3n) is 2.19. The Balaban J connectivity index is 0.00000128. The Bertz CT molecular complexity index is 353. The Kier molecular flexibility index (Phi) is 5.45. The second-order valence-electron chi connectivity index (χ2n) is 3.28. The summed E-state index contributed by atoms with van der Waals surface area (Å²) in [6.07, 6.45) is 6.44. The maximum absolute atomic E-state index is 11.5. The lowest BCUT2D eigenvalue weighted by Crippen LogP contribution is -2.41. The number of nitrogens with zero attached hydrogens (tertiary/aromatic N) is 1. The van der Waals surface area contributed by atoms with Crippen LogP contribution in [-0.2, 0) is 11.2 Å². The van der Waals surface area contributed by atoms with Gasteiger partial charge in [-0.25, -0.2) is 4.98 Å². The molecular weight excluding hydrogens is 246 g/mol. The summed E-state index contributed by atoms with van der Waals surface area (Å²) in [7, 11) is 0. The van der Waals surface area contributed by atoms with Crippen LogP contribution in [0, 0.1) is 0 Å². The van der Waals surface area contributed by atoms with Gasteiger partial charge >= 0.3 is 0 Å². The van der Waals surface area contributed by atoms with Gasteiger partial charge in [0.05, 0.1) is 5.01 Å². The van der Waals surface area contributed by atoms with Crippen LogP contribution in [0.4, 0.5) is 0 Å². The minimum atomic E-state index is -0.152. The fourth-order valence-electron chi connectivity index (χ4n) is 1.43. The summed E-state index contributed by atoms with van der Waals surface area (Å²) in [4.78, 5) is 15.7. The first-order valence-electron chi connectivity index (χ1n) is 4.92. The topological polar surface area (TPSA) is 54.0 Å². The summed E-state index contributed by atoms with van der Waals surface area (Å²) >= 11 is 1.61. The molecule has 0 fully saturated rings. The summed E-state index contributed by atoms with van der Waals surface area (Å²) < 4.78 is 0. The van der Waals surface area contributed by atoms with Crippen molar-refractivity contribution < 1.29 is 4.79 Å². The van der Waals surface area contributed by atoms with E-state index in [0.29, 0.717) is 6.54 Å². The van der Waals surface area contributed by atoms with Gasteiger partial charge in [0, 0.05) is 31.1 Å². The van der Waals surface area contributed by atoms with E-state index in [1.54, 1.807) is 17.5 Å². The van der Waals surface area contributed by atoms with E-state index in [0.717, 1.165) is 18.0 Å². The number of hydrogen-bond acceptors (Lipinski definition) is 4. The number of thiazole rings is 1. The van der Waals surface area contributed by atoms with Crippen molar-refractivity contribution in [3.05, 3.63) is 28.7 Å². The number of amides is 1. The largest absolute Gasteiger partial charge is 0.354 e. The molecule has 1 aliphatic heterocycles. The zero-order chi connectivity index (χ0) is 10.5. The number of carbonyl (C=O) groups is 1. The quantitative estimate of drug-likeness (QED) is 0.785. The molecule has 1 aromatic heterocycles. The van der Waals surface area contributed by atoms with Crippen LogP contribution < -0.4 is 10.6 Å². The second kappa shape index (κ2) is 6.62. The Morgan fingerprint density at radius 3 is 3.19 bits per heavy atom. The molecule has 0 aromatic carbocycles. The van der Waals surface area contributed by atoms with Crippen molar-refractivity contribution in [2.75, 3.05) is 13.1 Å². The molecule has 4 nitrogen and oxygen atoms in total. The second-order valence-corrected chi connectivity index (χ2v) is 4.26. The molecule has 0 aliphatic carbocycles. The van der Waals surface area contributed by atoms with Crippen molar-refractivity contribution in [2.24, 2.45) is 0 Å². The van der Waals surface area contributed by atoms with Crippen molar-refractivity contribution in [3.8, 4) is 0 Å². The molecule has 1 unspecified atom stereocenters. The maximum Gasteiger partial charge on any atom is 0.241 e. The molecule has 88 valence electrons. The van der Waals surface area contributed by atoms with Crippen LogP contribution in [0.15, 0.2) is 23.7 Å². The molecule has 0 bridgehead atoms. The highest BCUT2D eigenvalue weighted by Crippen LogP contribution is 2.03. The van der Waals surface area contributed by atoms with E-state index >= 15 is 0 Å². The third-order valence-corrected chi connectivity index (χ3v) is 3.03. The Labute approximate surface area is 105 Å². The number of rotatable bonds is 4. The van der Waals surface area contributed by atoms with Gasteiger partial charge in [0.1, 0.15) is 6.04 Å². The fourth-order valence-corrected chi connectivity index (χ4v) is 2.05. The standard InChI is InChI=1S/C10H13N3OS.ClH/c14-10(8-2-1-4-11-8)13-5-3-9-12-6-7-15-9;/h1-2,6-8,11H,3-5H2,(H,13,14);1H. The van der Waals surface area contributed by atoms with Gasteiger partial charge in [0.15, 0.2) is 0 Å². The molecule has 2 heterocycles. The van der Waals surface area contributed by atoms with Gasteiger partial charge in [0.25, 0.3) is 0 Å². The summed E-state index contributed by atoms with van der Waals surface area (Å²) in [6.45, 7) is 1.43. The fraction of sp³-hybridized carbons (Fsp3) is 0.400. The zero-order valence-electron chi connectivity index (χ0n) is 8.68. The molecule has 1 aromatic rings. The van der Waals surface area contributed by atoms with E-state index in [9.17, 15) is 4.79 Å². The van der Waals surface area contributed by atoms with E-state index in [1.807, 2.05) is 17.5 Å². The molecule has 2 N–H and O–H groups in total. The average Bonchev–Trinajstić information content (AvgIpc) is 2.90. The summed E-state index contributed by atoms with van der Waals surface area (Å²) in [6, 6.07) is -0.152. The van der Waals surface area contributed by atoms with Crippen LogP contribution in [0.3, 0.4) is 0 Å². The summed E-state index contributed by atoms with van der Waals surface area (Å²) in [5, 5.41) is 8.94. The highest BCUT2D eigenvalue weighted by molar-refractivity contribution is 7.09. The van der Waals surface area contributed by atoms with Crippen LogP contribution in [0.1, 0.15) is 5.01 Å². The number of carbonyl (C=O) groups excluding carboxylic acids is 1. The van der Waals surface area contributed by atoms with Crippen LogP contribution in [0.25, 0.3) is 0 Å². The summed E-state index contributed by atoms with van der Waals surface area (Å²) in [5.74, 6) is 0.0420. The molecule has 1 amide bonds. The lowest BCUT2D eigenvalue weighted by molar-refractivity contribution is -0.121. The minimum absolute atomic E-state index is 0. The number of nitrogens with one attached hydrogen (secondary N) is 2.